The molecule has 0 aliphatic carbocycles. The summed E-state index contributed by atoms with van der Waals surface area (Å²) in [6.07, 6.45) is 3.91. The molecule has 0 spiro atoms. The molecule has 2 aromatic heterocycles. The summed E-state index contributed by atoms with van der Waals surface area (Å²) in [5.41, 5.74) is 3.13. The Bertz CT molecular complexity index is 605. The quantitative estimate of drug-likeness (QED) is 0.675. The lowest BCUT2D eigenvalue weighted by molar-refractivity contribution is 0.817. The number of aromatic nitrogens is 3. The number of halogens is 1. The Labute approximate surface area is 107 Å². The molecule has 5 heteroatoms. The maximum atomic E-state index is 5.27. The zero-order chi connectivity index (χ0) is 11.7. The van der Waals surface area contributed by atoms with Gasteiger partial charge < -0.3 is 4.98 Å². The second-order valence-electron chi connectivity index (χ2n) is 3.85. The van der Waals surface area contributed by atoms with Gasteiger partial charge in [0.2, 0.25) is 0 Å². The van der Waals surface area contributed by atoms with Crippen molar-refractivity contribution in [3.05, 3.63) is 33.2 Å². The minimum absolute atomic E-state index is 0.707. The number of H-pyrrole nitrogens is 1. The highest BCUT2D eigenvalue weighted by Crippen LogP contribution is 2.16. The maximum absolute atomic E-state index is 5.27. The van der Waals surface area contributed by atoms with Crippen LogP contribution in [0.2, 0.25) is 0 Å². The fourth-order valence-electron chi connectivity index (χ4n) is 1.46. The van der Waals surface area contributed by atoms with Crippen molar-refractivity contribution >= 4 is 39.3 Å². The molecule has 0 saturated heterocycles. The van der Waals surface area contributed by atoms with Crippen molar-refractivity contribution in [2.75, 3.05) is 0 Å². The summed E-state index contributed by atoms with van der Waals surface area (Å²) in [5.74, 6) is 0. The van der Waals surface area contributed by atoms with Crippen LogP contribution >= 0.6 is 28.1 Å². The largest absolute Gasteiger partial charge is 0.329 e. The van der Waals surface area contributed by atoms with Crippen molar-refractivity contribution in [3.8, 4) is 0 Å². The molecule has 3 nitrogen and oxygen atoms in total. The number of nitrogens with one attached hydrogen (secondary N) is 1. The second-order valence-corrected chi connectivity index (χ2v) is 5.15. The first kappa shape index (κ1) is 11.5. The molecule has 2 aromatic rings. The highest BCUT2D eigenvalue weighted by Gasteiger charge is 2.04. The van der Waals surface area contributed by atoms with Crippen LogP contribution in [0.5, 0.6) is 0 Å². The molecule has 84 valence electrons. The van der Waals surface area contributed by atoms with Gasteiger partial charge >= 0.3 is 0 Å². The van der Waals surface area contributed by atoms with E-state index in [0.29, 0.717) is 4.77 Å². The summed E-state index contributed by atoms with van der Waals surface area (Å²) in [5, 5.41) is 0. The maximum Gasteiger partial charge on any atom is 0.179 e. The number of nitrogens with zero attached hydrogens (tertiary/aromatic N) is 2. The van der Waals surface area contributed by atoms with Crippen molar-refractivity contribution < 1.29 is 0 Å². The Morgan fingerprint density at radius 3 is 3.06 bits per heavy atom. The first-order chi connectivity index (χ1) is 7.58. The number of rotatable bonds is 2. The third-order valence-electron chi connectivity index (χ3n) is 2.26. The molecule has 0 aromatic carbocycles. The summed E-state index contributed by atoms with van der Waals surface area (Å²) < 4.78 is 3.65. The molecule has 0 aliphatic rings. The van der Waals surface area contributed by atoms with E-state index in [1.165, 1.54) is 5.57 Å². The fraction of sp³-hybridized carbons (Fsp3) is 0.273. The van der Waals surface area contributed by atoms with Crippen LogP contribution in [0.4, 0.5) is 0 Å². The van der Waals surface area contributed by atoms with Crippen molar-refractivity contribution in [3.63, 3.8) is 0 Å². The van der Waals surface area contributed by atoms with Crippen LogP contribution in [-0.2, 0) is 6.54 Å². The molecule has 0 aliphatic heterocycles. The van der Waals surface area contributed by atoms with Crippen LogP contribution in [0.1, 0.15) is 13.8 Å². The van der Waals surface area contributed by atoms with Crippen LogP contribution in [0.25, 0.3) is 11.2 Å². The molecule has 16 heavy (non-hydrogen) atoms. The van der Waals surface area contributed by atoms with Crippen molar-refractivity contribution in [2.45, 2.75) is 20.4 Å². The molecule has 0 saturated carbocycles. The van der Waals surface area contributed by atoms with Gasteiger partial charge in [-0.15, -0.1) is 0 Å². The van der Waals surface area contributed by atoms with Gasteiger partial charge in [-0.1, -0.05) is 11.6 Å². The molecule has 0 unspecified atom stereocenters. The topological polar surface area (TPSA) is 33.6 Å². The Morgan fingerprint density at radius 2 is 2.38 bits per heavy atom. The minimum Gasteiger partial charge on any atom is -0.329 e. The van der Waals surface area contributed by atoms with E-state index in [1.54, 1.807) is 6.20 Å². The summed E-state index contributed by atoms with van der Waals surface area (Å²) in [7, 11) is 0. The fourth-order valence-corrected chi connectivity index (χ4v) is 2.06. The summed E-state index contributed by atoms with van der Waals surface area (Å²) in [4.78, 5) is 7.52. The summed E-state index contributed by atoms with van der Waals surface area (Å²) in [6, 6.07) is 1.98. The molecule has 2 rings (SSSR count). The Kier molecular flexibility index (Phi) is 3.25. The van der Waals surface area contributed by atoms with Gasteiger partial charge in [0.25, 0.3) is 0 Å². The smallest absolute Gasteiger partial charge is 0.179 e. The number of aromatic amines is 1. The highest BCUT2D eigenvalue weighted by molar-refractivity contribution is 9.10. The van der Waals surface area contributed by atoms with Crippen LogP contribution in [-0.4, -0.2) is 14.5 Å². The molecule has 0 amide bonds. The van der Waals surface area contributed by atoms with Crippen molar-refractivity contribution in [2.24, 2.45) is 0 Å². The third kappa shape index (κ3) is 2.25. The number of fused-ring (bicyclic) bond motifs is 1. The molecule has 0 fully saturated rings. The van der Waals surface area contributed by atoms with E-state index < -0.39 is 0 Å². The van der Waals surface area contributed by atoms with Crippen LogP contribution < -0.4 is 0 Å². The van der Waals surface area contributed by atoms with Gasteiger partial charge in [0.05, 0.1) is 5.52 Å². The van der Waals surface area contributed by atoms with E-state index in [0.717, 1.165) is 22.2 Å². The zero-order valence-electron chi connectivity index (χ0n) is 9.12. The lowest BCUT2D eigenvalue weighted by Crippen LogP contribution is -1.96. The monoisotopic (exact) mass is 297 g/mol. The molecule has 0 atom stereocenters. The number of pyridine rings is 1. The summed E-state index contributed by atoms with van der Waals surface area (Å²) >= 11 is 8.66. The van der Waals surface area contributed by atoms with E-state index in [4.69, 9.17) is 12.2 Å². The Morgan fingerprint density at radius 1 is 1.62 bits per heavy atom. The standard InChI is InChI=1S/C11H12BrN3S/c1-7(2)3-4-15-10-9(14-11(15)16)5-8(12)6-13-10/h3,5-6H,4H2,1-2H3,(H,14,16). The van der Waals surface area contributed by atoms with Crippen molar-refractivity contribution in [1.82, 2.24) is 14.5 Å². The molecular weight excluding hydrogens is 286 g/mol. The zero-order valence-corrected chi connectivity index (χ0v) is 11.5. The second kappa shape index (κ2) is 4.51. The molecule has 2 heterocycles. The third-order valence-corrected chi connectivity index (χ3v) is 3.01. The predicted octanol–water partition coefficient (Wildman–Crippen LogP) is 3.82. The van der Waals surface area contributed by atoms with Gasteiger partial charge in [-0.2, -0.15) is 0 Å². The van der Waals surface area contributed by atoms with E-state index in [1.807, 2.05) is 10.6 Å². The van der Waals surface area contributed by atoms with E-state index in [9.17, 15) is 0 Å². The van der Waals surface area contributed by atoms with E-state index >= 15 is 0 Å². The SMILES string of the molecule is CC(C)=CCn1c(=S)[nH]c2cc(Br)cnc21. The van der Waals surface area contributed by atoms with E-state index in [-0.39, 0.29) is 0 Å². The van der Waals surface area contributed by atoms with Crippen LogP contribution in [0.15, 0.2) is 28.4 Å². The molecule has 1 N–H and O–H groups in total. The Hall–Kier alpha value is -0.940. The van der Waals surface area contributed by atoms with Gasteiger partial charge in [-0.25, -0.2) is 4.98 Å². The lowest BCUT2D eigenvalue weighted by Gasteiger charge is -1.99. The van der Waals surface area contributed by atoms with E-state index in [2.05, 4.69) is 45.8 Å². The molecule has 0 radical (unpaired) electrons. The first-order valence-corrected chi connectivity index (χ1v) is 6.15. The number of hydrogen-bond acceptors (Lipinski definition) is 2. The van der Waals surface area contributed by atoms with Crippen LogP contribution in [0, 0.1) is 4.77 Å². The van der Waals surface area contributed by atoms with Gasteiger partial charge in [0, 0.05) is 17.2 Å². The first-order valence-electron chi connectivity index (χ1n) is 4.95. The number of hydrogen-bond donors (Lipinski definition) is 1. The normalized spacial score (nSPS) is 10.7. The lowest BCUT2D eigenvalue weighted by atomic mass is 10.3. The number of allylic oxidation sites excluding steroid dienone is 2. The van der Waals surface area contributed by atoms with Gasteiger partial charge in [-0.05, 0) is 48.1 Å². The van der Waals surface area contributed by atoms with Gasteiger partial charge in [-0.3, -0.25) is 4.57 Å². The summed E-state index contributed by atoms with van der Waals surface area (Å²) in [6.45, 7) is 4.90. The van der Waals surface area contributed by atoms with Gasteiger partial charge in [0.1, 0.15) is 0 Å². The van der Waals surface area contributed by atoms with Crippen LogP contribution in [0.3, 0.4) is 0 Å². The molecule has 0 bridgehead atoms. The predicted molar refractivity (Wildman–Crippen MR) is 72.0 cm³/mol. The molecular formula is C11H12BrN3S. The minimum atomic E-state index is 0.707. The average molecular weight is 298 g/mol. The number of imidazole rings is 1. The Balaban J connectivity index is 2.56. The van der Waals surface area contributed by atoms with Crippen molar-refractivity contribution in [1.29, 1.82) is 0 Å². The highest BCUT2D eigenvalue weighted by atomic mass is 79.9. The average Bonchev–Trinajstić information content (AvgIpc) is 2.50. The van der Waals surface area contributed by atoms with Gasteiger partial charge in [0.15, 0.2) is 10.4 Å².